The van der Waals surface area contributed by atoms with Crippen LogP contribution in [0, 0.1) is 16.7 Å². The maximum Gasteiger partial charge on any atom is 0.151 e. The van der Waals surface area contributed by atoms with Crippen LogP contribution in [0.25, 0.3) is 0 Å². The summed E-state index contributed by atoms with van der Waals surface area (Å²) in [4.78, 5) is 22.5. The van der Waals surface area contributed by atoms with Gasteiger partial charge in [0.1, 0.15) is 11.7 Å². The molecule has 0 radical (unpaired) electrons. The second kappa shape index (κ2) is 1.87. The molecule has 2 atom stereocenters. The van der Waals surface area contributed by atoms with Crippen LogP contribution in [0.1, 0.15) is 20.3 Å². The average molecular weight is 164 g/mol. The van der Waals surface area contributed by atoms with E-state index in [4.69, 9.17) is 0 Å². The third kappa shape index (κ3) is 0.542. The van der Waals surface area contributed by atoms with E-state index in [1.54, 1.807) is 6.08 Å². The molecule has 1 fully saturated rings. The van der Waals surface area contributed by atoms with Gasteiger partial charge in [-0.3, -0.25) is 4.79 Å². The Kier molecular flexibility index (Phi) is 1.20. The molecule has 0 aromatic rings. The molecule has 0 amide bonds. The predicted octanol–water partition coefficient (Wildman–Crippen LogP) is 1.36. The first kappa shape index (κ1) is 7.71. The van der Waals surface area contributed by atoms with Gasteiger partial charge in [0.15, 0.2) is 5.78 Å². The van der Waals surface area contributed by atoms with Gasteiger partial charge in [-0.25, -0.2) is 0 Å². The van der Waals surface area contributed by atoms with Crippen LogP contribution in [0.15, 0.2) is 12.2 Å². The Morgan fingerprint density at radius 1 is 1.58 bits per heavy atom. The molecule has 0 aromatic carbocycles. The van der Waals surface area contributed by atoms with Crippen LogP contribution in [0.2, 0.25) is 0 Å². The molecule has 1 saturated carbocycles. The van der Waals surface area contributed by atoms with Gasteiger partial charge in [0, 0.05) is 6.42 Å². The number of carbonyl (C=O) groups excluding carboxylic acids is 2. The van der Waals surface area contributed by atoms with Crippen molar-refractivity contribution in [2.45, 2.75) is 20.3 Å². The minimum atomic E-state index is -0.794. The summed E-state index contributed by atoms with van der Waals surface area (Å²) in [6, 6.07) is 0. The van der Waals surface area contributed by atoms with E-state index >= 15 is 0 Å². The molecule has 2 nitrogen and oxygen atoms in total. The van der Waals surface area contributed by atoms with E-state index in [1.807, 2.05) is 19.9 Å². The highest BCUT2D eigenvalue weighted by Gasteiger charge is 2.61. The number of carbonyl (C=O) groups is 2. The molecule has 2 aliphatic rings. The minimum absolute atomic E-state index is 0.0926. The normalized spacial score (nSPS) is 42.2. The Bertz CT molecular complexity index is 288. The van der Waals surface area contributed by atoms with Gasteiger partial charge in [0.2, 0.25) is 0 Å². The van der Waals surface area contributed by atoms with Crippen LogP contribution < -0.4 is 0 Å². The van der Waals surface area contributed by atoms with Crippen molar-refractivity contribution in [1.29, 1.82) is 0 Å². The zero-order valence-corrected chi connectivity index (χ0v) is 7.33. The van der Waals surface area contributed by atoms with E-state index in [-0.39, 0.29) is 17.1 Å². The summed E-state index contributed by atoms with van der Waals surface area (Å²) in [6.45, 7) is 3.99. The summed E-state index contributed by atoms with van der Waals surface area (Å²) in [6.07, 6.45) is 5.16. The van der Waals surface area contributed by atoms with Crippen molar-refractivity contribution in [2.24, 2.45) is 16.7 Å². The Hall–Kier alpha value is -0.920. The van der Waals surface area contributed by atoms with Gasteiger partial charge >= 0.3 is 0 Å². The van der Waals surface area contributed by atoms with Crippen molar-refractivity contribution in [1.82, 2.24) is 0 Å². The van der Waals surface area contributed by atoms with Gasteiger partial charge in [-0.05, 0) is 11.3 Å². The molecule has 0 spiro atoms. The summed E-state index contributed by atoms with van der Waals surface area (Å²) in [7, 11) is 0. The molecule has 12 heavy (non-hydrogen) atoms. The number of fused-ring (bicyclic) bond motifs is 2. The van der Waals surface area contributed by atoms with E-state index in [0.717, 1.165) is 6.29 Å². The maximum atomic E-state index is 11.5. The lowest BCUT2D eigenvalue weighted by Crippen LogP contribution is -2.36. The van der Waals surface area contributed by atoms with Crippen molar-refractivity contribution >= 4 is 12.1 Å². The predicted molar refractivity (Wildman–Crippen MR) is 44.5 cm³/mol. The molecule has 2 rings (SSSR count). The molecule has 0 heterocycles. The fourth-order valence-electron chi connectivity index (χ4n) is 2.43. The van der Waals surface area contributed by atoms with Crippen molar-refractivity contribution in [3.8, 4) is 0 Å². The van der Waals surface area contributed by atoms with Crippen molar-refractivity contribution < 1.29 is 9.59 Å². The molecule has 0 saturated heterocycles. The zero-order valence-electron chi connectivity index (χ0n) is 7.33. The van der Waals surface area contributed by atoms with Crippen LogP contribution in [0.5, 0.6) is 0 Å². The number of hydrogen-bond acceptors (Lipinski definition) is 2. The standard InChI is InChI=1S/C10H12O2/c1-9(2)7-3-4-10(9,6-11)8(12)5-7/h3-4,6-7H,5H2,1-2H3. The number of rotatable bonds is 1. The Balaban J connectivity index is 2.60. The molecule has 64 valence electrons. The summed E-state index contributed by atoms with van der Waals surface area (Å²) >= 11 is 0. The smallest absolute Gasteiger partial charge is 0.151 e. The topological polar surface area (TPSA) is 34.1 Å². The number of ketones is 1. The molecule has 0 aromatic heterocycles. The maximum absolute atomic E-state index is 11.5. The van der Waals surface area contributed by atoms with Gasteiger partial charge in [-0.15, -0.1) is 0 Å². The van der Waals surface area contributed by atoms with Crippen molar-refractivity contribution in [3.05, 3.63) is 12.2 Å². The second-order valence-corrected chi connectivity index (χ2v) is 4.30. The third-order valence-electron chi connectivity index (χ3n) is 3.64. The number of allylic oxidation sites excluding steroid dienone is 2. The second-order valence-electron chi connectivity index (χ2n) is 4.30. The lowest BCUT2D eigenvalue weighted by molar-refractivity contribution is -0.132. The summed E-state index contributed by atoms with van der Waals surface area (Å²) < 4.78 is 0. The largest absolute Gasteiger partial charge is 0.302 e. The molecule has 2 unspecified atom stereocenters. The quantitative estimate of drug-likeness (QED) is 0.333. The van der Waals surface area contributed by atoms with Crippen LogP contribution in [-0.2, 0) is 9.59 Å². The number of hydrogen-bond donors (Lipinski definition) is 0. The van der Waals surface area contributed by atoms with Crippen molar-refractivity contribution in [2.75, 3.05) is 0 Å². The fraction of sp³-hybridized carbons (Fsp3) is 0.600. The van der Waals surface area contributed by atoms with Gasteiger partial charge in [-0.1, -0.05) is 26.0 Å². The molecule has 2 aliphatic carbocycles. The minimum Gasteiger partial charge on any atom is -0.302 e. The third-order valence-corrected chi connectivity index (χ3v) is 3.64. The van der Waals surface area contributed by atoms with E-state index in [2.05, 4.69) is 0 Å². The highest BCUT2D eigenvalue weighted by molar-refractivity contribution is 6.05. The summed E-state index contributed by atoms with van der Waals surface area (Å²) in [5, 5.41) is 0. The Morgan fingerprint density at radius 3 is 2.50 bits per heavy atom. The van der Waals surface area contributed by atoms with E-state index in [9.17, 15) is 9.59 Å². The fourth-order valence-corrected chi connectivity index (χ4v) is 2.43. The first-order valence-electron chi connectivity index (χ1n) is 4.23. The average Bonchev–Trinajstić information content (AvgIpc) is 2.36. The van der Waals surface area contributed by atoms with Crippen LogP contribution in [-0.4, -0.2) is 12.1 Å². The molecule has 0 aliphatic heterocycles. The summed E-state index contributed by atoms with van der Waals surface area (Å²) in [5.41, 5.74) is -0.983. The molecular weight excluding hydrogens is 152 g/mol. The lowest BCUT2D eigenvalue weighted by Gasteiger charge is -2.30. The molecule has 2 heteroatoms. The van der Waals surface area contributed by atoms with Gasteiger partial charge < -0.3 is 4.79 Å². The van der Waals surface area contributed by atoms with Gasteiger partial charge in [0.25, 0.3) is 0 Å². The first-order valence-corrected chi connectivity index (χ1v) is 4.23. The van der Waals surface area contributed by atoms with Gasteiger partial charge in [0.05, 0.1) is 0 Å². The summed E-state index contributed by atoms with van der Waals surface area (Å²) in [5.74, 6) is 0.366. The van der Waals surface area contributed by atoms with E-state index in [1.165, 1.54) is 0 Å². The van der Waals surface area contributed by atoms with E-state index < -0.39 is 5.41 Å². The monoisotopic (exact) mass is 164 g/mol. The van der Waals surface area contributed by atoms with E-state index in [0.29, 0.717) is 6.42 Å². The highest BCUT2D eigenvalue weighted by atomic mass is 16.1. The lowest BCUT2D eigenvalue weighted by atomic mass is 9.70. The van der Waals surface area contributed by atoms with Crippen LogP contribution >= 0.6 is 0 Å². The molecular formula is C10H12O2. The number of Topliss-reactive ketones (excluding diaryl/α,β-unsaturated/α-hetero) is 1. The number of aldehydes is 1. The van der Waals surface area contributed by atoms with Crippen molar-refractivity contribution in [3.63, 3.8) is 0 Å². The zero-order chi connectivity index (χ0) is 8.98. The van der Waals surface area contributed by atoms with Crippen LogP contribution in [0.3, 0.4) is 0 Å². The SMILES string of the molecule is CC1(C)C2C=CC1(C=O)C(=O)C2. The molecule has 2 bridgehead atoms. The Labute approximate surface area is 71.6 Å². The Morgan fingerprint density at radius 2 is 2.25 bits per heavy atom. The van der Waals surface area contributed by atoms with Gasteiger partial charge in [-0.2, -0.15) is 0 Å². The van der Waals surface area contributed by atoms with Crippen LogP contribution in [0.4, 0.5) is 0 Å². The first-order chi connectivity index (χ1) is 5.54. The molecule has 0 N–H and O–H groups in total. The highest BCUT2D eigenvalue weighted by Crippen LogP contribution is 2.58.